The minimum atomic E-state index is -1.64. The zero-order valence-corrected chi connectivity index (χ0v) is 15.0. The van der Waals surface area contributed by atoms with Gasteiger partial charge >= 0.3 is 11.9 Å². The van der Waals surface area contributed by atoms with Gasteiger partial charge in [0.1, 0.15) is 17.5 Å². The summed E-state index contributed by atoms with van der Waals surface area (Å²) in [5, 5.41) is 8.44. The number of hydrogen-bond donors (Lipinski definition) is 1. The Morgan fingerprint density at radius 3 is 2.58 bits per heavy atom. The first-order valence-corrected chi connectivity index (χ1v) is 9.14. The zero-order valence-electron chi connectivity index (χ0n) is 14.3. The van der Waals surface area contributed by atoms with Gasteiger partial charge in [0, 0.05) is 12.3 Å². The second-order valence-corrected chi connectivity index (χ2v) is 8.27. The summed E-state index contributed by atoms with van der Waals surface area (Å²) in [6.45, 7) is 0. The van der Waals surface area contributed by atoms with Crippen LogP contribution in [0.15, 0.2) is 24.3 Å². The number of benzene rings is 1. The maximum atomic E-state index is 15.9. The average Bonchev–Trinajstić information content (AvgIpc) is 2.61. The Labute approximate surface area is 155 Å². The van der Waals surface area contributed by atoms with E-state index in [1.807, 2.05) is 0 Å². The van der Waals surface area contributed by atoms with Crippen molar-refractivity contribution in [2.75, 3.05) is 7.11 Å². The second kappa shape index (κ2) is 5.84. The van der Waals surface area contributed by atoms with Crippen LogP contribution in [0.3, 0.4) is 0 Å². The van der Waals surface area contributed by atoms with Crippen LogP contribution in [0.2, 0.25) is 0 Å². The summed E-state index contributed by atoms with van der Waals surface area (Å²) in [6.07, 6.45) is 0.886. The van der Waals surface area contributed by atoms with Crippen molar-refractivity contribution >= 4 is 23.5 Å². The number of hydrogen-bond acceptors (Lipinski definition) is 4. The molecule has 4 fully saturated rings. The Hall–Kier alpha value is -1.82. The molecule has 4 aliphatic carbocycles. The van der Waals surface area contributed by atoms with E-state index in [9.17, 15) is 9.59 Å². The lowest BCUT2D eigenvalue weighted by Crippen LogP contribution is -2.70. The summed E-state index contributed by atoms with van der Waals surface area (Å²) in [5.41, 5.74) is -2.49. The van der Waals surface area contributed by atoms with E-state index in [-0.39, 0.29) is 23.8 Å². The van der Waals surface area contributed by atoms with Crippen LogP contribution in [-0.4, -0.2) is 41.3 Å². The van der Waals surface area contributed by atoms with Crippen molar-refractivity contribution < 1.29 is 28.6 Å². The fourth-order valence-electron chi connectivity index (χ4n) is 5.39. The van der Waals surface area contributed by atoms with Gasteiger partial charge in [-0.05, 0) is 49.4 Å². The van der Waals surface area contributed by atoms with Gasteiger partial charge in [-0.25, -0.2) is 9.18 Å². The Kier molecular flexibility index (Phi) is 3.95. The SMILES string of the molecule is COC(=O)C12CC3CC(C(Oc4ccc(C(=O)O)cc4)C(F)(C3)C1)C2Cl. The molecule has 0 radical (unpaired) electrons. The number of carbonyl (C=O) groups excluding carboxylic acids is 1. The largest absolute Gasteiger partial charge is 0.487 e. The van der Waals surface area contributed by atoms with Gasteiger partial charge in [-0.2, -0.15) is 0 Å². The van der Waals surface area contributed by atoms with E-state index in [0.717, 1.165) is 6.42 Å². The number of carboxylic acids is 1. The number of aromatic carboxylic acids is 1. The van der Waals surface area contributed by atoms with Crippen LogP contribution in [0.4, 0.5) is 4.39 Å². The van der Waals surface area contributed by atoms with E-state index >= 15 is 4.39 Å². The molecule has 0 saturated heterocycles. The molecule has 7 heteroatoms. The van der Waals surface area contributed by atoms with Crippen molar-refractivity contribution in [1.82, 2.24) is 0 Å². The van der Waals surface area contributed by atoms with Crippen LogP contribution in [0.25, 0.3) is 0 Å². The molecule has 0 aromatic heterocycles. The Bertz CT molecular complexity index is 753. The predicted octanol–water partition coefficient (Wildman–Crippen LogP) is 3.44. The van der Waals surface area contributed by atoms with Gasteiger partial charge in [0.15, 0.2) is 0 Å². The fraction of sp³-hybridized carbons (Fsp3) is 0.579. The maximum absolute atomic E-state index is 15.9. The Morgan fingerprint density at radius 1 is 1.27 bits per heavy atom. The molecular formula is C19H20ClFO5. The molecule has 140 valence electrons. The van der Waals surface area contributed by atoms with E-state index in [0.29, 0.717) is 18.6 Å². The van der Waals surface area contributed by atoms with Gasteiger partial charge in [-0.3, -0.25) is 4.79 Å². The first kappa shape index (κ1) is 17.6. The monoisotopic (exact) mass is 382 g/mol. The van der Waals surface area contributed by atoms with Crippen LogP contribution in [0, 0.1) is 17.3 Å². The van der Waals surface area contributed by atoms with E-state index in [1.165, 1.54) is 31.4 Å². The quantitative estimate of drug-likeness (QED) is 0.638. The Balaban J connectivity index is 1.63. The zero-order chi connectivity index (χ0) is 18.7. The number of carboxylic acid groups (broad SMARTS) is 1. The lowest BCUT2D eigenvalue weighted by molar-refractivity contribution is -0.204. The van der Waals surface area contributed by atoms with Gasteiger partial charge in [-0.15, -0.1) is 11.6 Å². The van der Waals surface area contributed by atoms with Gasteiger partial charge in [0.25, 0.3) is 0 Å². The molecule has 1 aromatic rings. The number of alkyl halides is 2. The first-order chi connectivity index (χ1) is 12.3. The molecule has 0 aliphatic heterocycles. The highest BCUT2D eigenvalue weighted by Crippen LogP contribution is 2.65. The summed E-state index contributed by atoms with van der Waals surface area (Å²) < 4.78 is 26.8. The first-order valence-electron chi connectivity index (χ1n) is 8.70. The summed E-state index contributed by atoms with van der Waals surface area (Å²) in [6, 6.07) is 5.90. The molecule has 1 aromatic carbocycles. The third-order valence-corrected chi connectivity index (χ3v) is 7.00. The lowest BCUT2D eigenvalue weighted by atomic mass is 9.47. The summed E-state index contributed by atoms with van der Waals surface area (Å²) in [5.74, 6) is -1.25. The van der Waals surface area contributed by atoms with Gasteiger partial charge < -0.3 is 14.6 Å². The molecule has 5 nitrogen and oxygen atoms in total. The number of carbonyl (C=O) groups is 2. The predicted molar refractivity (Wildman–Crippen MR) is 91.2 cm³/mol. The van der Waals surface area contributed by atoms with Gasteiger partial charge in [-0.1, -0.05) is 0 Å². The highest BCUT2D eigenvalue weighted by atomic mass is 35.5. The lowest BCUT2D eigenvalue weighted by Gasteiger charge is -2.62. The topological polar surface area (TPSA) is 72.8 Å². The number of halogens is 2. The van der Waals surface area contributed by atoms with Crippen LogP contribution >= 0.6 is 11.6 Å². The molecule has 4 saturated carbocycles. The molecule has 0 heterocycles. The van der Waals surface area contributed by atoms with E-state index in [2.05, 4.69) is 0 Å². The third kappa shape index (κ3) is 2.42. The second-order valence-electron chi connectivity index (χ2n) is 7.80. The fourth-order valence-corrected chi connectivity index (χ4v) is 5.88. The van der Waals surface area contributed by atoms with Gasteiger partial charge in [0.05, 0.1) is 23.5 Å². The summed E-state index contributed by atoms with van der Waals surface area (Å²) >= 11 is 6.67. The minimum Gasteiger partial charge on any atom is -0.487 e. The van der Waals surface area contributed by atoms with Crippen molar-refractivity contribution in [1.29, 1.82) is 0 Å². The molecule has 5 rings (SSSR count). The molecule has 26 heavy (non-hydrogen) atoms. The Morgan fingerprint density at radius 2 is 1.96 bits per heavy atom. The van der Waals surface area contributed by atoms with Crippen LogP contribution in [0.5, 0.6) is 5.75 Å². The van der Waals surface area contributed by atoms with Gasteiger partial charge in [0.2, 0.25) is 0 Å². The maximum Gasteiger partial charge on any atom is 0.335 e. The normalized spacial score (nSPS) is 40.3. The average molecular weight is 383 g/mol. The van der Waals surface area contributed by atoms with Crippen LogP contribution < -0.4 is 4.74 Å². The molecule has 1 N–H and O–H groups in total. The molecule has 0 spiro atoms. The molecule has 6 unspecified atom stereocenters. The minimum absolute atomic E-state index is 0.00567. The highest BCUT2D eigenvalue weighted by Gasteiger charge is 2.71. The van der Waals surface area contributed by atoms with Crippen LogP contribution in [0.1, 0.15) is 36.0 Å². The van der Waals surface area contributed by atoms with Crippen molar-refractivity contribution in [2.24, 2.45) is 17.3 Å². The number of esters is 1. The number of rotatable bonds is 4. The van der Waals surface area contributed by atoms with E-state index in [1.54, 1.807) is 0 Å². The molecule has 6 atom stereocenters. The van der Waals surface area contributed by atoms with Crippen molar-refractivity contribution in [2.45, 2.75) is 42.8 Å². The van der Waals surface area contributed by atoms with E-state index in [4.69, 9.17) is 26.2 Å². The van der Waals surface area contributed by atoms with Crippen molar-refractivity contribution in [3.8, 4) is 5.75 Å². The summed E-state index contributed by atoms with van der Waals surface area (Å²) in [7, 11) is 1.31. The smallest absolute Gasteiger partial charge is 0.335 e. The van der Waals surface area contributed by atoms with Crippen molar-refractivity contribution in [3.05, 3.63) is 29.8 Å². The third-order valence-electron chi connectivity index (χ3n) is 6.25. The summed E-state index contributed by atoms with van der Waals surface area (Å²) in [4.78, 5) is 23.4. The molecule has 4 aliphatic rings. The molecular weight excluding hydrogens is 363 g/mol. The standard InChI is InChI=1S/C19H20ClFO5/c1-25-17(24)18-7-10-6-13(14(18)20)15(19(21,8-10)9-18)26-12-4-2-11(3-5-12)16(22)23/h2-5,10,13-15H,6-9H2,1H3,(H,22,23). The molecule has 4 bridgehead atoms. The van der Waals surface area contributed by atoms with Crippen LogP contribution in [-0.2, 0) is 9.53 Å². The van der Waals surface area contributed by atoms with E-state index < -0.39 is 34.5 Å². The molecule has 0 amide bonds. The van der Waals surface area contributed by atoms with Crippen molar-refractivity contribution in [3.63, 3.8) is 0 Å². The highest BCUT2D eigenvalue weighted by molar-refractivity contribution is 6.23. The number of methoxy groups -OCH3 is 1. The number of ether oxygens (including phenoxy) is 2.